The van der Waals surface area contributed by atoms with Gasteiger partial charge in [0.1, 0.15) is 6.04 Å². The highest BCUT2D eigenvalue weighted by Crippen LogP contribution is 2.32. The molecule has 1 amide bonds. The van der Waals surface area contributed by atoms with Gasteiger partial charge in [0.25, 0.3) is 0 Å². The molecule has 1 unspecified atom stereocenters. The summed E-state index contributed by atoms with van der Waals surface area (Å²) in [5, 5.41) is 19.6. The van der Waals surface area contributed by atoms with E-state index in [0.717, 1.165) is 22.0 Å². The maximum absolute atomic E-state index is 12.6. The summed E-state index contributed by atoms with van der Waals surface area (Å²) < 4.78 is 0. The summed E-state index contributed by atoms with van der Waals surface area (Å²) in [7, 11) is 0. The van der Waals surface area contributed by atoms with E-state index < -0.39 is 6.04 Å². The van der Waals surface area contributed by atoms with Gasteiger partial charge in [0.15, 0.2) is 0 Å². The van der Waals surface area contributed by atoms with Crippen molar-refractivity contribution in [2.45, 2.75) is 6.04 Å². The fourth-order valence-electron chi connectivity index (χ4n) is 3.06. The van der Waals surface area contributed by atoms with Crippen molar-refractivity contribution in [1.29, 1.82) is 5.26 Å². The Morgan fingerprint density at radius 3 is 2.85 bits per heavy atom. The molecule has 0 aliphatic carbocycles. The zero-order valence-electron chi connectivity index (χ0n) is 14.2. The number of nitriles is 1. The number of aromatic nitrogens is 3. The number of anilines is 1. The fourth-order valence-corrected chi connectivity index (χ4v) is 3.06. The number of hydrogen-bond acceptors (Lipinski definition) is 4. The molecule has 7 heteroatoms. The Hall–Kier alpha value is -3.89. The number of amides is 1. The van der Waals surface area contributed by atoms with E-state index in [1.807, 2.05) is 30.6 Å². The summed E-state index contributed by atoms with van der Waals surface area (Å²) in [5.41, 5.74) is 10.5. The minimum Gasteiger partial charge on any atom is -0.359 e. The summed E-state index contributed by atoms with van der Waals surface area (Å²) in [4.78, 5) is 15.9. The lowest BCUT2D eigenvalue weighted by Crippen LogP contribution is -2.27. The molecule has 0 saturated heterocycles. The van der Waals surface area contributed by atoms with Crippen LogP contribution in [0.15, 0.2) is 61.1 Å². The van der Waals surface area contributed by atoms with E-state index in [9.17, 15) is 4.79 Å². The standard InChI is InChI=1S/C20H16N6O/c21-8-12-3-1-4-13(7-12)18(22)20(27)26-17-6-2-5-15-16(11-23-19(15)17)14-9-24-25-10-14/h1-7,9-11,18,23H,22H2,(H,24,25)(H,26,27). The summed E-state index contributed by atoms with van der Waals surface area (Å²) in [6, 6.07) is 13.6. The smallest absolute Gasteiger partial charge is 0.245 e. The van der Waals surface area contributed by atoms with Crippen LogP contribution < -0.4 is 11.1 Å². The zero-order valence-corrected chi connectivity index (χ0v) is 14.2. The number of carbonyl (C=O) groups excluding carboxylic acids is 1. The van der Waals surface area contributed by atoms with Crippen molar-refractivity contribution in [3.05, 3.63) is 72.2 Å². The van der Waals surface area contributed by atoms with Crippen LogP contribution in [0.4, 0.5) is 5.69 Å². The summed E-state index contributed by atoms with van der Waals surface area (Å²) >= 11 is 0. The lowest BCUT2D eigenvalue weighted by Gasteiger charge is -2.13. The molecular formula is C20H16N6O. The highest BCUT2D eigenvalue weighted by molar-refractivity contribution is 6.06. The molecule has 0 aliphatic rings. The van der Waals surface area contributed by atoms with E-state index in [2.05, 4.69) is 26.6 Å². The zero-order chi connectivity index (χ0) is 18.8. The van der Waals surface area contributed by atoms with Gasteiger partial charge in [-0.05, 0) is 23.8 Å². The van der Waals surface area contributed by atoms with Gasteiger partial charge in [-0.1, -0.05) is 24.3 Å². The lowest BCUT2D eigenvalue weighted by molar-refractivity contribution is -0.117. The van der Waals surface area contributed by atoms with E-state index in [-0.39, 0.29) is 5.91 Å². The molecule has 1 atom stereocenters. The van der Waals surface area contributed by atoms with Gasteiger partial charge < -0.3 is 16.0 Å². The van der Waals surface area contributed by atoms with Gasteiger partial charge in [-0.2, -0.15) is 10.4 Å². The second-order valence-electron chi connectivity index (χ2n) is 6.12. The Bertz CT molecular complexity index is 1150. The molecule has 4 rings (SSSR count). The number of hydrogen-bond donors (Lipinski definition) is 4. The first-order chi connectivity index (χ1) is 13.2. The van der Waals surface area contributed by atoms with Gasteiger partial charge in [-0.3, -0.25) is 9.89 Å². The van der Waals surface area contributed by atoms with Crippen LogP contribution in [0.2, 0.25) is 0 Å². The number of para-hydroxylation sites is 1. The van der Waals surface area contributed by atoms with Crippen molar-refractivity contribution >= 4 is 22.5 Å². The third kappa shape index (κ3) is 3.05. The van der Waals surface area contributed by atoms with E-state index >= 15 is 0 Å². The average Bonchev–Trinajstić information content (AvgIpc) is 3.37. The number of carbonyl (C=O) groups is 1. The molecule has 0 bridgehead atoms. The van der Waals surface area contributed by atoms with Gasteiger partial charge in [0.2, 0.25) is 5.91 Å². The number of nitrogens with two attached hydrogens (primary N) is 1. The van der Waals surface area contributed by atoms with Crippen molar-refractivity contribution in [3.63, 3.8) is 0 Å². The highest BCUT2D eigenvalue weighted by atomic mass is 16.2. The number of benzene rings is 2. The van der Waals surface area contributed by atoms with Crippen molar-refractivity contribution in [2.75, 3.05) is 5.32 Å². The second-order valence-corrected chi connectivity index (χ2v) is 6.12. The fraction of sp³-hybridized carbons (Fsp3) is 0.0500. The molecule has 2 aromatic heterocycles. The number of aromatic amines is 2. The van der Waals surface area contributed by atoms with Crippen LogP contribution in [0, 0.1) is 11.3 Å². The monoisotopic (exact) mass is 356 g/mol. The van der Waals surface area contributed by atoms with E-state index in [1.165, 1.54) is 0 Å². The topological polar surface area (TPSA) is 123 Å². The summed E-state index contributed by atoms with van der Waals surface area (Å²) in [5.74, 6) is -0.350. The van der Waals surface area contributed by atoms with Gasteiger partial charge in [-0.15, -0.1) is 0 Å². The number of fused-ring (bicyclic) bond motifs is 1. The third-order valence-electron chi connectivity index (χ3n) is 4.44. The Morgan fingerprint density at radius 1 is 1.22 bits per heavy atom. The molecule has 5 N–H and O–H groups in total. The molecule has 4 aromatic rings. The van der Waals surface area contributed by atoms with E-state index in [1.54, 1.807) is 30.5 Å². The van der Waals surface area contributed by atoms with Crippen LogP contribution in [-0.4, -0.2) is 21.1 Å². The van der Waals surface area contributed by atoms with Gasteiger partial charge in [0, 0.05) is 28.9 Å². The molecule has 0 fully saturated rings. The highest BCUT2D eigenvalue weighted by Gasteiger charge is 2.18. The number of rotatable bonds is 4. The molecule has 7 nitrogen and oxygen atoms in total. The number of H-pyrrole nitrogens is 2. The lowest BCUT2D eigenvalue weighted by atomic mass is 10.0. The minimum absolute atomic E-state index is 0.350. The average molecular weight is 356 g/mol. The second kappa shape index (κ2) is 6.78. The van der Waals surface area contributed by atoms with Gasteiger partial charge >= 0.3 is 0 Å². The van der Waals surface area contributed by atoms with Crippen LogP contribution in [0.25, 0.3) is 22.0 Å². The van der Waals surface area contributed by atoms with E-state index in [0.29, 0.717) is 16.8 Å². The van der Waals surface area contributed by atoms with Crippen LogP contribution >= 0.6 is 0 Å². The maximum Gasteiger partial charge on any atom is 0.245 e. The van der Waals surface area contributed by atoms with E-state index in [4.69, 9.17) is 11.0 Å². The molecule has 132 valence electrons. The molecule has 0 saturated carbocycles. The Labute approximate surface area is 154 Å². The first-order valence-corrected chi connectivity index (χ1v) is 8.33. The molecule has 0 aliphatic heterocycles. The van der Waals surface area contributed by atoms with Crippen LogP contribution in [-0.2, 0) is 4.79 Å². The molecule has 0 spiro atoms. The van der Waals surface area contributed by atoms with Crippen molar-refractivity contribution < 1.29 is 4.79 Å². The number of nitrogens with one attached hydrogen (secondary N) is 3. The quantitative estimate of drug-likeness (QED) is 0.448. The normalized spacial score (nSPS) is 11.9. The summed E-state index contributed by atoms with van der Waals surface area (Å²) in [6.07, 6.45) is 5.43. The molecular weight excluding hydrogens is 340 g/mol. The number of nitrogens with zero attached hydrogens (tertiary/aromatic N) is 2. The van der Waals surface area contributed by atoms with Crippen molar-refractivity contribution in [1.82, 2.24) is 15.2 Å². The first kappa shape index (κ1) is 16.6. The molecule has 2 heterocycles. The van der Waals surface area contributed by atoms with Gasteiger partial charge in [-0.25, -0.2) is 0 Å². The van der Waals surface area contributed by atoms with Gasteiger partial charge in [0.05, 0.1) is 29.0 Å². The third-order valence-corrected chi connectivity index (χ3v) is 4.44. The SMILES string of the molecule is N#Cc1cccc(C(N)C(=O)Nc2cccc3c(-c4cn[nH]c4)c[nH]c23)c1. The van der Waals surface area contributed by atoms with Crippen molar-refractivity contribution in [3.8, 4) is 17.2 Å². The first-order valence-electron chi connectivity index (χ1n) is 8.33. The predicted octanol–water partition coefficient (Wildman–Crippen LogP) is 3.07. The molecule has 2 aromatic carbocycles. The Balaban J connectivity index is 1.63. The Kier molecular flexibility index (Phi) is 4.16. The van der Waals surface area contributed by atoms with Crippen LogP contribution in [0.5, 0.6) is 0 Å². The predicted molar refractivity (Wildman–Crippen MR) is 103 cm³/mol. The summed E-state index contributed by atoms with van der Waals surface area (Å²) in [6.45, 7) is 0. The largest absolute Gasteiger partial charge is 0.359 e. The van der Waals surface area contributed by atoms with Crippen LogP contribution in [0.1, 0.15) is 17.2 Å². The maximum atomic E-state index is 12.6. The Morgan fingerprint density at radius 2 is 2.07 bits per heavy atom. The van der Waals surface area contributed by atoms with Crippen molar-refractivity contribution in [2.24, 2.45) is 5.73 Å². The van der Waals surface area contributed by atoms with Crippen LogP contribution in [0.3, 0.4) is 0 Å². The molecule has 27 heavy (non-hydrogen) atoms. The molecule has 0 radical (unpaired) electrons. The minimum atomic E-state index is -0.878.